The Morgan fingerprint density at radius 1 is 1.14 bits per heavy atom. The van der Waals surface area contributed by atoms with Crippen molar-refractivity contribution in [3.63, 3.8) is 0 Å². The molecule has 0 bridgehead atoms. The molecule has 3 aromatic rings. The molecule has 0 aliphatic carbocycles. The third-order valence-electron chi connectivity index (χ3n) is 3.58. The van der Waals surface area contributed by atoms with Gasteiger partial charge in [0, 0.05) is 16.1 Å². The number of aryl methyl sites for hydroxylation is 1. The van der Waals surface area contributed by atoms with E-state index in [0.29, 0.717) is 37.0 Å². The summed E-state index contributed by atoms with van der Waals surface area (Å²) < 4.78 is 5.16. The van der Waals surface area contributed by atoms with Crippen LogP contribution in [-0.4, -0.2) is 17.5 Å². The van der Waals surface area contributed by atoms with E-state index in [4.69, 9.17) is 55.8 Å². The van der Waals surface area contributed by atoms with Crippen molar-refractivity contribution in [1.29, 1.82) is 0 Å². The van der Waals surface area contributed by atoms with Crippen LogP contribution in [0.2, 0.25) is 20.1 Å². The van der Waals surface area contributed by atoms with Gasteiger partial charge < -0.3 is 4.52 Å². The van der Waals surface area contributed by atoms with Crippen LogP contribution >= 0.6 is 46.4 Å². The van der Waals surface area contributed by atoms with Crippen LogP contribution in [0, 0.1) is 6.92 Å². The smallest absolute Gasteiger partial charge is 0.359 e. The second-order valence-corrected chi connectivity index (χ2v) is 7.12. The number of amides is 1. The highest BCUT2D eigenvalue weighted by Crippen LogP contribution is 2.39. The number of benzene rings is 2. The minimum atomic E-state index is -0.864. The number of hydrogen-bond donors (Lipinski definition) is 1. The van der Waals surface area contributed by atoms with E-state index < -0.39 is 6.09 Å². The maximum Gasteiger partial charge on any atom is 0.438 e. The monoisotopic (exact) mass is 457 g/mol. The van der Waals surface area contributed by atoms with Gasteiger partial charge in [-0.2, -0.15) is 0 Å². The van der Waals surface area contributed by atoms with Crippen LogP contribution < -0.4 is 5.32 Å². The number of carbonyl (C=O) groups excluding carboxylic acids is 1. The summed E-state index contributed by atoms with van der Waals surface area (Å²) in [5, 5.41) is 11.6. The molecule has 144 valence electrons. The first-order valence-corrected chi connectivity index (χ1v) is 9.25. The van der Waals surface area contributed by atoms with Crippen LogP contribution in [0.15, 0.2) is 46.1 Å². The molecule has 0 aliphatic heterocycles. The number of nitrogens with one attached hydrogen (secondary N) is 1. The van der Waals surface area contributed by atoms with Crippen LogP contribution in [0.4, 0.5) is 10.5 Å². The molecular weight excluding hydrogens is 448 g/mol. The summed E-state index contributed by atoms with van der Waals surface area (Å²) in [6.07, 6.45) is 0.418. The Morgan fingerprint density at radius 3 is 2.54 bits per heavy atom. The van der Waals surface area contributed by atoms with Gasteiger partial charge in [-0.1, -0.05) is 68.8 Å². The fourth-order valence-electron chi connectivity index (χ4n) is 2.28. The lowest BCUT2D eigenvalue weighted by atomic mass is 10.1. The molecule has 28 heavy (non-hydrogen) atoms. The molecule has 0 aliphatic rings. The quantitative estimate of drug-likeness (QED) is 0.263. The zero-order valence-corrected chi connectivity index (χ0v) is 17.2. The molecule has 1 aromatic heterocycles. The Balaban J connectivity index is 1.76. The van der Waals surface area contributed by atoms with Crippen molar-refractivity contribution in [3.05, 3.63) is 67.8 Å². The van der Waals surface area contributed by atoms with Crippen molar-refractivity contribution in [1.82, 2.24) is 5.16 Å². The third kappa shape index (κ3) is 4.59. The van der Waals surface area contributed by atoms with Crippen molar-refractivity contribution in [2.24, 2.45) is 5.16 Å². The number of halogens is 4. The fraction of sp³-hybridized carbons (Fsp3) is 0.0556. The standard InChI is InChI=1S/C18H11Cl4N3O3/c1-9-16(17(25-27-9)15-12(20)3-2-4-13(15)21)24-18(26)28-23-8-10-5-6-11(19)7-14(10)22/h2-8H,1H3,(H,24,26)/b23-8-. The highest BCUT2D eigenvalue weighted by atomic mass is 35.5. The van der Waals surface area contributed by atoms with E-state index in [1.54, 1.807) is 43.3 Å². The van der Waals surface area contributed by atoms with E-state index in [-0.39, 0.29) is 11.4 Å². The fourth-order valence-corrected chi connectivity index (χ4v) is 3.31. The average Bonchev–Trinajstić information content (AvgIpc) is 2.97. The van der Waals surface area contributed by atoms with E-state index in [1.807, 2.05) is 0 Å². The van der Waals surface area contributed by atoms with E-state index >= 15 is 0 Å². The van der Waals surface area contributed by atoms with Crippen molar-refractivity contribution >= 4 is 64.4 Å². The van der Waals surface area contributed by atoms with Gasteiger partial charge in [-0.3, -0.25) is 10.2 Å². The molecule has 1 N–H and O–H groups in total. The zero-order chi connectivity index (χ0) is 20.3. The van der Waals surface area contributed by atoms with Crippen LogP contribution in [0.25, 0.3) is 11.3 Å². The number of aromatic nitrogens is 1. The van der Waals surface area contributed by atoms with Gasteiger partial charge in [-0.15, -0.1) is 0 Å². The molecule has 0 fully saturated rings. The number of oxime groups is 1. The molecule has 6 nitrogen and oxygen atoms in total. The maximum atomic E-state index is 12.1. The molecular formula is C18H11Cl4N3O3. The first-order valence-electron chi connectivity index (χ1n) is 7.74. The van der Waals surface area contributed by atoms with Gasteiger partial charge in [0.25, 0.3) is 0 Å². The van der Waals surface area contributed by atoms with Gasteiger partial charge in [-0.05, 0) is 31.2 Å². The van der Waals surface area contributed by atoms with Crippen molar-refractivity contribution in [2.75, 3.05) is 5.32 Å². The second kappa shape index (κ2) is 8.84. The lowest BCUT2D eigenvalue weighted by molar-refractivity contribution is 0.167. The molecule has 0 radical (unpaired) electrons. The van der Waals surface area contributed by atoms with Crippen LogP contribution in [0.1, 0.15) is 11.3 Å². The van der Waals surface area contributed by atoms with E-state index in [1.165, 1.54) is 6.21 Å². The molecule has 0 atom stereocenters. The molecule has 10 heteroatoms. The Bertz CT molecular complexity index is 1050. The topological polar surface area (TPSA) is 76.7 Å². The summed E-state index contributed by atoms with van der Waals surface area (Å²) >= 11 is 24.3. The van der Waals surface area contributed by atoms with Crippen LogP contribution in [0.5, 0.6) is 0 Å². The number of carbonyl (C=O) groups is 1. The Labute approximate surface area is 179 Å². The van der Waals surface area contributed by atoms with Crippen LogP contribution in [0.3, 0.4) is 0 Å². The molecule has 0 unspecified atom stereocenters. The van der Waals surface area contributed by atoms with Gasteiger partial charge in [-0.25, -0.2) is 4.79 Å². The lowest BCUT2D eigenvalue weighted by Gasteiger charge is -2.07. The molecule has 0 spiro atoms. The van der Waals surface area contributed by atoms with Gasteiger partial charge in [0.1, 0.15) is 11.4 Å². The summed E-state index contributed by atoms with van der Waals surface area (Å²) in [5.41, 5.74) is 1.49. The van der Waals surface area contributed by atoms with Crippen molar-refractivity contribution in [3.8, 4) is 11.3 Å². The first kappa shape index (κ1) is 20.5. The zero-order valence-electron chi connectivity index (χ0n) is 14.2. The van der Waals surface area contributed by atoms with Crippen molar-refractivity contribution < 1.29 is 14.2 Å². The summed E-state index contributed by atoms with van der Waals surface area (Å²) in [5.74, 6) is 0.340. The highest BCUT2D eigenvalue weighted by molar-refractivity contribution is 6.39. The van der Waals surface area contributed by atoms with Crippen LogP contribution in [-0.2, 0) is 4.84 Å². The number of anilines is 1. The number of nitrogens with zero attached hydrogens (tertiary/aromatic N) is 2. The SMILES string of the molecule is Cc1onc(-c2c(Cl)cccc2Cl)c1NC(=O)O/N=C\c1ccc(Cl)cc1Cl. The predicted molar refractivity (Wildman–Crippen MR) is 111 cm³/mol. The molecule has 0 saturated carbocycles. The lowest BCUT2D eigenvalue weighted by Crippen LogP contribution is -2.12. The first-order chi connectivity index (χ1) is 13.4. The molecule has 1 heterocycles. The molecule has 3 rings (SSSR count). The highest BCUT2D eigenvalue weighted by Gasteiger charge is 2.21. The Hall–Kier alpha value is -2.25. The molecule has 2 aromatic carbocycles. The number of hydrogen-bond acceptors (Lipinski definition) is 5. The van der Waals surface area contributed by atoms with Gasteiger partial charge in [0.2, 0.25) is 0 Å². The Morgan fingerprint density at radius 2 is 1.86 bits per heavy atom. The van der Waals surface area contributed by atoms with Crippen molar-refractivity contribution in [2.45, 2.75) is 6.92 Å². The normalized spacial score (nSPS) is 11.0. The third-order valence-corrected chi connectivity index (χ3v) is 4.77. The van der Waals surface area contributed by atoms with E-state index in [2.05, 4.69) is 15.6 Å². The minimum absolute atomic E-state index is 0.264. The maximum absolute atomic E-state index is 12.1. The Kier molecular flexibility index (Phi) is 6.46. The van der Waals surface area contributed by atoms with Gasteiger partial charge >= 0.3 is 6.09 Å². The van der Waals surface area contributed by atoms with E-state index in [9.17, 15) is 4.79 Å². The van der Waals surface area contributed by atoms with E-state index in [0.717, 1.165) is 0 Å². The second-order valence-electron chi connectivity index (χ2n) is 5.46. The minimum Gasteiger partial charge on any atom is -0.359 e. The molecule has 0 saturated heterocycles. The largest absolute Gasteiger partial charge is 0.438 e. The summed E-state index contributed by atoms with van der Waals surface area (Å²) in [4.78, 5) is 16.9. The summed E-state index contributed by atoms with van der Waals surface area (Å²) in [6.45, 7) is 1.62. The average molecular weight is 459 g/mol. The van der Waals surface area contributed by atoms with Gasteiger partial charge in [0.15, 0.2) is 5.76 Å². The number of rotatable bonds is 4. The molecule has 1 amide bonds. The summed E-state index contributed by atoms with van der Waals surface area (Å²) in [7, 11) is 0. The summed E-state index contributed by atoms with van der Waals surface area (Å²) in [6, 6.07) is 9.81. The van der Waals surface area contributed by atoms with Gasteiger partial charge in [0.05, 0.1) is 21.3 Å². The predicted octanol–water partition coefficient (Wildman–Crippen LogP) is 6.85.